The highest BCUT2D eigenvalue weighted by Gasteiger charge is 2.46. The molecule has 0 N–H and O–H groups in total. The van der Waals surface area contributed by atoms with Crippen LogP contribution in [0.1, 0.15) is 23.2 Å². The molecule has 34 heavy (non-hydrogen) atoms. The van der Waals surface area contributed by atoms with Gasteiger partial charge in [0.2, 0.25) is 0 Å². The Morgan fingerprint density at radius 1 is 0.706 bits per heavy atom. The van der Waals surface area contributed by atoms with E-state index < -0.39 is 27.9 Å². The van der Waals surface area contributed by atoms with Crippen molar-refractivity contribution in [3.8, 4) is 0 Å². The molecule has 0 aliphatic carbocycles. The minimum atomic E-state index is -4.19. The van der Waals surface area contributed by atoms with E-state index in [4.69, 9.17) is 23.2 Å². The molecule has 172 valence electrons. The van der Waals surface area contributed by atoms with Gasteiger partial charge in [-0.15, -0.1) is 0 Å². The largest absolute Gasteiger partial charge is 0.284 e. The molecular formula is C25H17Cl2FN2O3S. The van der Waals surface area contributed by atoms with Crippen molar-refractivity contribution in [1.82, 2.24) is 4.57 Å². The smallest absolute Gasteiger partial charge is 0.266 e. The molecule has 9 heteroatoms. The molecule has 0 radical (unpaired) electrons. The summed E-state index contributed by atoms with van der Waals surface area (Å²) in [5.74, 6) is -0.345. The van der Waals surface area contributed by atoms with Crippen LogP contribution in [0, 0.1) is 5.82 Å². The summed E-state index contributed by atoms with van der Waals surface area (Å²) in [4.78, 5) is 13.0. The molecule has 3 aromatic carbocycles. The van der Waals surface area contributed by atoms with Crippen LogP contribution < -0.4 is 9.86 Å². The van der Waals surface area contributed by atoms with Crippen LogP contribution in [0.15, 0.2) is 101 Å². The average Bonchev–Trinajstić information content (AvgIpc) is 3.18. The lowest BCUT2D eigenvalue weighted by Gasteiger charge is -2.29. The van der Waals surface area contributed by atoms with Gasteiger partial charge in [0.25, 0.3) is 15.6 Å². The van der Waals surface area contributed by atoms with Crippen LogP contribution in [0.5, 0.6) is 0 Å². The topological polar surface area (TPSA) is 59.4 Å². The Hall–Kier alpha value is -3.13. The Morgan fingerprint density at radius 2 is 1.24 bits per heavy atom. The molecule has 0 fully saturated rings. The molecule has 2 unspecified atom stereocenters. The maximum Gasteiger partial charge on any atom is 0.266 e. The summed E-state index contributed by atoms with van der Waals surface area (Å²) in [6, 6.07) is 21.3. The molecular weight excluding hydrogens is 498 g/mol. The van der Waals surface area contributed by atoms with Crippen LogP contribution in [0.3, 0.4) is 0 Å². The predicted octanol–water partition coefficient (Wildman–Crippen LogP) is 5.83. The lowest BCUT2D eigenvalue weighted by Crippen LogP contribution is -2.33. The van der Waals surface area contributed by atoms with Gasteiger partial charge >= 0.3 is 0 Å². The van der Waals surface area contributed by atoms with Gasteiger partial charge in [-0.25, -0.2) is 17.1 Å². The monoisotopic (exact) mass is 514 g/mol. The van der Waals surface area contributed by atoms with Gasteiger partial charge in [-0.3, -0.25) is 9.36 Å². The number of hydrogen-bond acceptors (Lipinski definition) is 3. The van der Waals surface area contributed by atoms with E-state index in [1.807, 2.05) is 0 Å². The predicted molar refractivity (Wildman–Crippen MR) is 131 cm³/mol. The fraction of sp³-hybridized carbons (Fsp3) is 0.0800. The van der Waals surface area contributed by atoms with Gasteiger partial charge in [0.05, 0.1) is 17.0 Å². The average molecular weight is 515 g/mol. The second kappa shape index (κ2) is 8.58. The van der Waals surface area contributed by atoms with E-state index in [0.29, 0.717) is 21.2 Å². The van der Waals surface area contributed by atoms with Gasteiger partial charge < -0.3 is 0 Å². The number of halogens is 3. The zero-order valence-electron chi connectivity index (χ0n) is 17.5. The number of sulfonamides is 1. The number of fused-ring (bicyclic) bond motifs is 1. The number of nitrogens with zero attached hydrogens (tertiary/aromatic N) is 2. The van der Waals surface area contributed by atoms with E-state index in [1.165, 1.54) is 33.1 Å². The van der Waals surface area contributed by atoms with E-state index in [-0.39, 0.29) is 16.3 Å². The number of anilines is 1. The number of pyridine rings is 1. The Balaban J connectivity index is 1.81. The van der Waals surface area contributed by atoms with Crippen molar-refractivity contribution >= 4 is 39.0 Å². The second-order valence-electron chi connectivity index (χ2n) is 7.84. The lowest BCUT2D eigenvalue weighted by atomic mass is 9.94. The Kier molecular flexibility index (Phi) is 5.72. The maximum atomic E-state index is 13.9. The Bertz CT molecular complexity index is 1520. The van der Waals surface area contributed by atoms with Crippen LogP contribution >= 0.6 is 23.2 Å². The summed E-state index contributed by atoms with van der Waals surface area (Å²) in [6.07, 6.45) is 0. The molecule has 4 aromatic rings. The van der Waals surface area contributed by atoms with Crippen molar-refractivity contribution in [3.05, 3.63) is 128 Å². The fourth-order valence-electron chi connectivity index (χ4n) is 4.32. The van der Waals surface area contributed by atoms with Crippen molar-refractivity contribution < 1.29 is 12.8 Å². The van der Waals surface area contributed by atoms with E-state index >= 15 is 0 Å². The minimum Gasteiger partial charge on any atom is -0.284 e. The van der Waals surface area contributed by atoms with E-state index in [1.54, 1.807) is 54.6 Å². The number of benzene rings is 3. The van der Waals surface area contributed by atoms with E-state index in [0.717, 1.165) is 12.1 Å². The summed E-state index contributed by atoms with van der Waals surface area (Å²) >= 11 is 12.2. The molecule has 0 saturated carbocycles. The Labute approximate surface area is 205 Å². The van der Waals surface area contributed by atoms with Gasteiger partial charge in [0, 0.05) is 16.1 Å². The van der Waals surface area contributed by atoms with Crippen molar-refractivity contribution in [2.24, 2.45) is 0 Å². The minimum absolute atomic E-state index is 0.0903. The van der Waals surface area contributed by atoms with Crippen LogP contribution in [0.2, 0.25) is 10.0 Å². The molecule has 1 aromatic heterocycles. The first-order valence-corrected chi connectivity index (χ1v) is 12.5. The molecule has 1 aliphatic rings. The quantitative estimate of drug-likeness (QED) is 0.344. The molecule has 5 rings (SSSR count). The van der Waals surface area contributed by atoms with E-state index in [2.05, 4.69) is 0 Å². The third-order valence-electron chi connectivity index (χ3n) is 5.82. The van der Waals surface area contributed by atoms with Gasteiger partial charge in [0.1, 0.15) is 11.6 Å². The fourth-order valence-corrected chi connectivity index (χ4v) is 6.21. The summed E-state index contributed by atoms with van der Waals surface area (Å²) in [5.41, 5.74) is 0.988. The molecule has 0 bridgehead atoms. The third kappa shape index (κ3) is 3.79. The summed E-state index contributed by atoms with van der Waals surface area (Å²) < 4.78 is 44.1. The first-order valence-electron chi connectivity index (χ1n) is 10.3. The van der Waals surface area contributed by atoms with Crippen molar-refractivity contribution in [3.63, 3.8) is 0 Å². The molecule has 1 aliphatic heterocycles. The van der Waals surface area contributed by atoms with Crippen LogP contribution in [-0.4, -0.2) is 13.0 Å². The SMILES string of the molecule is O=c1cccc2n1C(c1ccc(Cl)cc1)C(c1ccc(Cl)cc1)N2S(=O)(=O)c1ccc(F)cc1. The van der Waals surface area contributed by atoms with Crippen molar-refractivity contribution in [2.45, 2.75) is 17.0 Å². The Morgan fingerprint density at radius 3 is 1.79 bits per heavy atom. The highest BCUT2D eigenvalue weighted by atomic mass is 35.5. The molecule has 0 amide bonds. The standard InChI is InChI=1S/C25H17Cl2FN2O3S/c26-18-8-4-16(5-9-18)24-25(17-6-10-19(27)11-7-17)30(22-2-1-3-23(31)29(22)24)34(32,33)21-14-12-20(28)13-15-21/h1-15,24-25H. The molecule has 0 spiro atoms. The second-order valence-corrected chi connectivity index (χ2v) is 10.5. The number of aromatic nitrogens is 1. The summed E-state index contributed by atoms with van der Waals surface area (Å²) in [7, 11) is -4.19. The lowest BCUT2D eigenvalue weighted by molar-refractivity contribution is 0.529. The maximum absolute atomic E-state index is 13.9. The highest BCUT2D eigenvalue weighted by Crippen LogP contribution is 2.49. The van der Waals surface area contributed by atoms with Gasteiger partial charge in [-0.2, -0.15) is 0 Å². The number of hydrogen-bond donors (Lipinski definition) is 0. The normalized spacial score (nSPS) is 17.6. The van der Waals surface area contributed by atoms with Crippen LogP contribution in [0.25, 0.3) is 0 Å². The van der Waals surface area contributed by atoms with Crippen LogP contribution in [-0.2, 0) is 10.0 Å². The van der Waals surface area contributed by atoms with Gasteiger partial charge in [0.15, 0.2) is 0 Å². The van der Waals surface area contributed by atoms with Gasteiger partial charge in [-0.05, 0) is 65.7 Å². The number of rotatable bonds is 4. The zero-order valence-corrected chi connectivity index (χ0v) is 19.8. The zero-order chi connectivity index (χ0) is 24.0. The van der Waals surface area contributed by atoms with Gasteiger partial charge in [-0.1, -0.05) is 53.5 Å². The summed E-state index contributed by atoms with van der Waals surface area (Å²) in [5, 5.41) is 1.01. The molecule has 5 nitrogen and oxygen atoms in total. The third-order valence-corrected chi connectivity index (χ3v) is 8.12. The first-order chi connectivity index (χ1) is 16.3. The highest BCUT2D eigenvalue weighted by molar-refractivity contribution is 7.92. The van der Waals surface area contributed by atoms with E-state index in [9.17, 15) is 17.6 Å². The molecule has 2 heterocycles. The molecule has 2 atom stereocenters. The van der Waals surface area contributed by atoms with Crippen LogP contribution in [0.4, 0.5) is 10.2 Å². The first kappa shape index (κ1) is 22.7. The summed E-state index contributed by atoms with van der Waals surface area (Å²) in [6.45, 7) is 0. The van der Waals surface area contributed by atoms with Crippen molar-refractivity contribution in [1.29, 1.82) is 0 Å². The molecule has 0 saturated heterocycles. The van der Waals surface area contributed by atoms with Crippen molar-refractivity contribution in [2.75, 3.05) is 4.31 Å².